The number of aromatic nitrogens is 4. The van der Waals surface area contributed by atoms with E-state index in [0.29, 0.717) is 22.7 Å². The molecule has 0 saturated carbocycles. The van der Waals surface area contributed by atoms with Crippen LogP contribution in [0.1, 0.15) is 17.0 Å². The zero-order valence-electron chi connectivity index (χ0n) is 17.8. The van der Waals surface area contributed by atoms with Gasteiger partial charge in [0, 0.05) is 11.3 Å². The number of ether oxygens (including phenoxy) is 1. The smallest absolute Gasteiger partial charge is 0.293 e. The topological polar surface area (TPSA) is 90.5 Å². The van der Waals surface area contributed by atoms with Crippen molar-refractivity contribution in [1.29, 1.82) is 0 Å². The Morgan fingerprint density at radius 1 is 1.00 bits per heavy atom. The number of hydrogen-bond donors (Lipinski definition) is 1. The number of carbonyl (C=O) groups is 1. The van der Waals surface area contributed by atoms with Crippen molar-refractivity contribution >= 4 is 17.1 Å². The summed E-state index contributed by atoms with van der Waals surface area (Å²) >= 11 is 0. The van der Waals surface area contributed by atoms with Crippen molar-refractivity contribution < 1.29 is 9.53 Å². The van der Waals surface area contributed by atoms with Gasteiger partial charge in [-0.15, -0.1) is 0 Å². The van der Waals surface area contributed by atoms with E-state index in [4.69, 9.17) is 4.74 Å². The Morgan fingerprint density at radius 3 is 2.32 bits per heavy atom. The van der Waals surface area contributed by atoms with Gasteiger partial charge in [0.05, 0.1) is 12.8 Å². The molecule has 0 aliphatic heterocycles. The zero-order valence-corrected chi connectivity index (χ0v) is 17.8. The molecule has 0 atom stereocenters. The maximum absolute atomic E-state index is 13.0. The van der Waals surface area contributed by atoms with Gasteiger partial charge in [0.2, 0.25) is 5.91 Å². The molecule has 8 nitrogen and oxygen atoms in total. The highest BCUT2D eigenvalue weighted by Gasteiger charge is 2.15. The minimum Gasteiger partial charge on any atom is -0.497 e. The fraction of sp³-hybridized carbons (Fsp3) is 0.217. The molecule has 8 heteroatoms. The standard InChI is InChI=1S/C23H23N5O3/c1-14-9-15(2)11-18(10-14)24-22(29)13-27-23(30)21-12-20(26-28(21)16(3)25-27)17-5-7-19(31-4)8-6-17/h5-12H,13H2,1-4H3,(H,24,29). The van der Waals surface area contributed by atoms with Crippen LogP contribution in [0.4, 0.5) is 5.69 Å². The van der Waals surface area contributed by atoms with E-state index in [1.807, 2.05) is 56.3 Å². The average molecular weight is 417 g/mol. The molecular formula is C23H23N5O3. The number of methoxy groups -OCH3 is 1. The van der Waals surface area contributed by atoms with Crippen molar-refractivity contribution in [1.82, 2.24) is 19.4 Å². The number of benzene rings is 2. The lowest BCUT2D eigenvalue weighted by atomic mass is 10.1. The average Bonchev–Trinajstić information content (AvgIpc) is 3.17. The molecule has 2 aromatic carbocycles. The molecule has 158 valence electrons. The van der Waals surface area contributed by atoms with Gasteiger partial charge in [-0.05, 0) is 74.4 Å². The molecule has 0 aliphatic carbocycles. The molecule has 2 heterocycles. The molecule has 0 spiro atoms. The van der Waals surface area contributed by atoms with Crippen LogP contribution in [0.15, 0.2) is 53.3 Å². The van der Waals surface area contributed by atoms with E-state index < -0.39 is 0 Å². The Bertz CT molecular complexity index is 1320. The molecule has 0 radical (unpaired) electrons. The van der Waals surface area contributed by atoms with Gasteiger partial charge >= 0.3 is 0 Å². The lowest BCUT2D eigenvalue weighted by Gasteiger charge is -2.09. The molecule has 0 aliphatic rings. The van der Waals surface area contributed by atoms with Gasteiger partial charge in [0.15, 0.2) is 0 Å². The molecule has 0 bridgehead atoms. The van der Waals surface area contributed by atoms with Gasteiger partial charge < -0.3 is 10.1 Å². The van der Waals surface area contributed by atoms with Crippen LogP contribution in [0.5, 0.6) is 5.75 Å². The summed E-state index contributed by atoms with van der Waals surface area (Å²) in [4.78, 5) is 25.5. The van der Waals surface area contributed by atoms with Crippen molar-refractivity contribution in [3.8, 4) is 17.0 Å². The zero-order chi connectivity index (χ0) is 22.1. The largest absolute Gasteiger partial charge is 0.497 e. The summed E-state index contributed by atoms with van der Waals surface area (Å²) in [5.41, 5.74) is 4.26. The van der Waals surface area contributed by atoms with E-state index in [-0.39, 0.29) is 18.0 Å². The minimum absolute atomic E-state index is 0.188. The van der Waals surface area contributed by atoms with Crippen LogP contribution in [0.25, 0.3) is 16.8 Å². The summed E-state index contributed by atoms with van der Waals surface area (Å²) < 4.78 is 7.85. The van der Waals surface area contributed by atoms with E-state index in [2.05, 4.69) is 15.5 Å². The predicted octanol–water partition coefficient (Wildman–Crippen LogP) is 3.13. The number of amides is 1. The summed E-state index contributed by atoms with van der Waals surface area (Å²) in [7, 11) is 1.60. The molecule has 0 saturated heterocycles. The molecule has 0 unspecified atom stereocenters. The van der Waals surface area contributed by atoms with Crippen LogP contribution in [0.2, 0.25) is 0 Å². The summed E-state index contributed by atoms with van der Waals surface area (Å²) in [5.74, 6) is 0.925. The van der Waals surface area contributed by atoms with Crippen LogP contribution in [-0.4, -0.2) is 32.4 Å². The SMILES string of the molecule is COc1ccc(-c2cc3c(=O)n(CC(=O)Nc4cc(C)cc(C)c4)nc(C)n3n2)cc1. The molecule has 4 rings (SSSR count). The van der Waals surface area contributed by atoms with E-state index in [9.17, 15) is 9.59 Å². The first-order chi connectivity index (χ1) is 14.8. The number of nitrogens with one attached hydrogen (secondary N) is 1. The van der Waals surface area contributed by atoms with E-state index in [0.717, 1.165) is 22.4 Å². The van der Waals surface area contributed by atoms with Crippen molar-refractivity contribution in [2.24, 2.45) is 0 Å². The molecule has 4 aromatic rings. The van der Waals surface area contributed by atoms with Crippen molar-refractivity contribution in [2.45, 2.75) is 27.3 Å². The lowest BCUT2D eigenvalue weighted by molar-refractivity contribution is -0.117. The number of fused-ring (bicyclic) bond motifs is 1. The molecular weight excluding hydrogens is 394 g/mol. The normalized spacial score (nSPS) is 11.0. The van der Waals surface area contributed by atoms with Crippen molar-refractivity contribution in [3.05, 3.63) is 75.8 Å². The van der Waals surface area contributed by atoms with Gasteiger partial charge in [0.25, 0.3) is 5.56 Å². The third-order valence-electron chi connectivity index (χ3n) is 4.92. The van der Waals surface area contributed by atoms with Crippen molar-refractivity contribution in [2.75, 3.05) is 12.4 Å². The second-order valence-corrected chi connectivity index (χ2v) is 7.49. The molecule has 1 N–H and O–H groups in total. The quantitative estimate of drug-likeness (QED) is 0.539. The van der Waals surface area contributed by atoms with E-state index >= 15 is 0 Å². The van der Waals surface area contributed by atoms with E-state index in [1.54, 1.807) is 20.1 Å². The molecule has 31 heavy (non-hydrogen) atoms. The number of hydrogen-bond acceptors (Lipinski definition) is 5. The summed E-state index contributed by atoms with van der Waals surface area (Å²) in [5, 5.41) is 11.6. The Hall–Kier alpha value is -3.94. The van der Waals surface area contributed by atoms with Gasteiger partial charge in [0.1, 0.15) is 23.6 Å². The number of nitrogens with zero attached hydrogens (tertiary/aromatic N) is 4. The Balaban J connectivity index is 1.63. The first-order valence-corrected chi connectivity index (χ1v) is 9.84. The maximum atomic E-state index is 13.0. The predicted molar refractivity (Wildman–Crippen MR) is 119 cm³/mol. The first kappa shape index (κ1) is 20.3. The molecule has 2 aromatic heterocycles. The highest BCUT2D eigenvalue weighted by atomic mass is 16.5. The monoisotopic (exact) mass is 417 g/mol. The highest BCUT2D eigenvalue weighted by Crippen LogP contribution is 2.22. The molecule has 0 fully saturated rings. The second-order valence-electron chi connectivity index (χ2n) is 7.49. The van der Waals surface area contributed by atoms with Gasteiger partial charge in [-0.3, -0.25) is 9.59 Å². The number of aryl methyl sites for hydroxylation is 3. The van der Waals surface area contributed by atoms with Gasteiger partial charge in [-0.25, -0.2) is 9.20 Å². The summed E-state index contributed by atoms with van der Waals surface area (Å²) in [6.45, 7) is 5.49. The van der Waals surface area contributed by atoms with Gasteiger partial charge in [-0.2, -0.15) is 10.2 Å². The van der Waals surface area contributed by atoms with Crippen LogP contribution in [0, 0.1) is 20.8 Å². The summed E-state index contributed by atoms with van der Waals surface area (Å²) in [6.07, 6.45) is 0. The molecule has 1 amide bonds. The third-order valence-corrected chi connectivity index (χ3v) is 4.92. The minimum atomic E-state index is -0.381. The van der Waals surface area contributed by atoms with Crippen LogP contribution in [-0.2, 0) is 11.3 Å². The highest BCUT2D eigenvalue weighted by molar-refractivity contribution is 5.90. The van der Waals surface area contributed by atoms with Gasteiger partial charge in [-0.1, -0.05) is 6.07 Å². The maximum Gasteiger partial charge on any atom is 0.293 e. The number of anilines is 1. The van der Waals surface area contributed by atoms with Crippen LogP contribution in [0.3, 0.4) is 0 Å². The summed E-state index contributed by atoms with van der Waals surface area (Å²) in [6, 6.07) is 14.9. The fourth-order valence-corrected chi connectivity index (χ4v) is 3.57. The van der Waals surface area contributed by atoms with E-state index in [1.165, 1.54) is 9.20 Å². The Kier molecular flexibility index (Phi) is 5.29. The Morgan fingerprint density at radius 2 is 1.68 bits per heavy atom. The second kappa shape index (κ2) is 8.06. The third kappa shape index (κ3) is 4.18. The number of rotatable bonds is 5. The fourth-order valence-electron chi connectivity index (χ4n) is 3.57. The van der Waals surface area contributed by atoms with Crippen molar-refractivity contribution in [3.63, 3.8) is 0 Å². The number of carbonyl (C=O) groups excluding carboxylic acids is 1. The first-order valence-electron chi connectivity index (χ1n) is 9.84. The lowest BCUT2D eigenvalue weighted by Crippen LogP contribution is -2.31. The van der Waals surface area contributed by atoms with Crippen LogP contribution >= 0.6 is 0 Å². The Labute approximate surface area is 179 Å². The van der Waals surface area contributed by atoms with Crippen LogP contribution < -0.4 is 15.6 Å².